The molecular formula is C13H19N7. The summed E-state index contributed by atoms with van der Waals surface area (Å²) >= 11 is 0. The van der Waals surface area contributed by atoms with E-state index in [-0.39, 0.29) is 0 Å². The zero-order chi connectivity index (χ0) is 14.1. The van der Waals surface area contributed by atoms with Gasteiger partial charge >= 0.3 is 0 Å². The monoisotopic (exact) mass is 273 g/mol. The van der Waals surface area contributed by atoms with Crippen molar-refractivity contribution >= 4 is 17.1 Å². The lowest BCUT2D eigenvalue weighted by Crippen LogP contribution is -2.10. The fourth-order valence-electron chi connectivity index (χ4n) is 2.51. The summed E-state index contributed by atoms with van der Waals surface area (Å²) in [6.45, 7) is 6.53. The van der Waals surface area contributed by atoms with E-state index >= 15 is 0 Å². The number of imidazole rings is 1. The van der Waals surface area contributed by atoms with Crippen LogP contribution in [0.5, 0.6) is 0 Å². The fraction of sp³-hybridized carbons (Fsp3) is 0.462. The van der Waals surface area contributed by atoms with E-state index in [9.17, 15) is 0 Å². The van der Waals surface area contributed by atoms with Gasteiger partial charge in [0.2, 0.25) is 5.95 Å². The smallest absolute Gasteiger partial charge is 0.202 e. The van der Waals surface area contributed by atoms with Gasteiger partial charge in [0.25, 0.3) is 0 Å². The van der Waals surface area contributed by atoms with Gasteiger partial charge in [-0.25, -0.2) is 9.67 Å². The zero-order valence-electron chi connectivity index (χ0n) is 11.8. The molecule has 7 heteroatoms. The number of nitrogens with zero attached hydrogens (tertiary/aromatic N) is 6. The van der Waals surface area contributed by atoms with Gasteiger partial charge in [-0.1, -0.05) is 0 Å². The standard InChI is InChI=1S/C13H19N7/c1-3-20-12-11(10(2)17-20)16-13(14)19(12)9-5-8-18-7-4-6-15-18/h4,6-7H,3,5,8-9H2,1-2H3,(H2,14,16). The molecule has 3 aromatic rings. The van der Waals surface area contributed by atoms with Crippen LogP contribution in [0.1, 0.15) is 19.0 Å². The molecule has 7 nitrogen and oxygen atoms in total. The van der Waals surface area contributed by atoms with Gasteiger partial charge < -0.3 is 5.73 Å². The van der Waals surface area contributed by atoms with E-state index in [1.807, 2.05) is 33.1 Å². The van der Waals surface area contributed by atoms with Crippen molar-refractivity contribution in [1.29, 1.82) is 0 Å². The molecule has 0 aliphatic heterocycles. The first-order valence-electron chi connectivity index (χ1n) is 6.87. The molecule has 0 radical (unpaired) electrons. The molecule has 106 valence electrons. The highest BCUT2D eigenvalue weighted by atomic mass is 15.4. The van der Waals surface area contributed by atoms with Crippen LogP contribution in [0.15, 0.2) is 18.5 Å². The molecule has 20 heavy (non-hydrogen) atoms. The van der Waals surface area contributed by atoms with Crippen molar-refractivity contribution in [2.75, 3.05) is 5.73 Å². The van der Waals surface area contributed by atoms with Gasteiger partial charge in [-0.05, 0) is 26.3 Å². The SMILES string of the molecule is CCn1nc(C)c2nc(N)n(CCCn3cccn3)c21. The predicted molar refractivity (Wildman–Crippen MR) is 77.2 cm³/mol. The molecule has 0 atom stereocenters. The molecule has 0 fully saturated rings. The van der Waals surface area contributed by atoms with Crippen LogP contribution in [-0.2, 0) is 19.6 Å². The van der Waals surface area contributed by atoms with E-state index in [0.717, 1.165) is 42.9 Å². The third kappa shape index (κ3) is 2.04. The van der Waals surface area contributed by atoms with Crippen molar-refractivity contribution < 1.29 is 0 Å². The van der Waals surface area contributed by atoms with Crippen molar-refractivity contribution in [2.24, 2.45) is 0 Å². The maximum absolute atomic E-state index is 6.04. The van der Waals surface area contributed by atoms with Crippen LogP contribution in [0, 0.1) is 6.92 Å². The summed E-state index contributed by atoms with van der Waals surface area (Å²) in [5.74, 6) is 0.558. The van der Waals surface area contributed by atoms with E-state index in [1.54, 1.807) is 6.20 Å². The van der Waals surface area contributed by atoms with Crippen LogP contribution < -0.4 is 5.73 Å². The van der Waals surface area contributed by atoms with E-state index in [2.05, 4.69) is 22.1 Å². The lowest BCUT2D eigenvalue weighted by Gasteiger charge is -2.08. The Morgan fingerprint density at radius 3 is 2.85 bits per heavy atom. The average Bonchev–Trinajstić information content (AvgIpc) is 3.11. The normalized spacial score (nSPS) is 11.5. The summed E-state index contributed by atoms with van der Waals surface area (Å²) < 4.78 is 5.93. The number of nitrogens with two attached hydrogens (primary N) is 1. The minimum Gasteiger partial charge on any atom is -0.369 e. The summed E-state index contributed by atoms with van der Waals surface area (Å²) in [6, 6.07) is 1.93. The third-order valence-corrected chi connectivity index (χ3v) is 3.46. The Bertz CT molecular complexity index is 705. The van der Waals surface area contributed by atoms with Gasteiger partial charge in [0.05, 0.1) is 5.69 Å². The summed E-state index contributed by atoms with van der Waals surface area (Å²) in [5.41, 5.74) is 8.89. The molecule has 0 aromatic carbocycles. The number of rotatable bonds is 5. The minimum atomic E-state index is 0.558. The number of aromatic nitrogens is 6. The molecule has 0 unspecified atom stereocenters. The molecule has 0 saturated heterocycles. The van der Waals surface area contributed by atoms with Gasteiger partial charge in [-0.15, -0.1) is 0 Å². The molecule has 3 heterocycles. The van der Waals surface area contributed by atoms with Crippen LogP contribution in [0.2, 0.25) is 0 Å². The van der Waals surface area contributed by atoms with Crippen LogP contribution in [0.3, 0.4) is 0 Å². The van der Waals surface area contributed by atoms with E-state index in [4.69, 9.17) is 5.73 Å². The Balaban J connectivity index is 1.84. The van der Waals surface area contributed by atoms with E-state index in [0.29, 0.717) is 5.95 Å². The number of hydrogen-bond acceptors (Lipinski definition) is 4. The van der Waals surface area contributed by atoms with E-state index < -0.39 is 0 Å². The maximum atomic E-state index is 6.04. The molecule has 0 amide bonds. The fourth-order valence-corrected chi connectivity index (χ4v) is 2.51. The summed E-state index contributed by atoms with van der Waals surface area (Å²) in [4.78, 5) is 4.43. The lowest BCUT2D eigenvalue weighted by atomic mass is 10.4. The molecule has 3 aromatic heterocycles. The predicted octanol–water partition coefficient (Wildman–Crippen LogP) is 1.43. The lowest BCUT2D eigenvalue weighted by molar-refractivity contribution is 0.527. The Hall–Kier alpha value is -2.31. The Kier molecular flexibility index (Phi) is 3.17. The number of nitrogen functional groups attached to an aromatic ring is 1. The summed E-state index contributed by atoms with van der Waals surface area (Å²) in [5, 5.41) is 8.69. The van der Waals surface area contributed by atoms with Crippen molar-refractivity contribution in [3.05, 3.63) is 24.2 Å². The molecule has 3 rings (SSSR count). The van der Waals surface area contributed by atoms with Crippen molar-refractivity contribution in [3.8, 4) is 0 Å². The van der Waals surface area contributed by atoms with E-state index in [1.165, 1.54) is 0 Å². The molecule has 2 N–H and O–H groups in total. The summed E-state index contributed by atoms with van der Waals surface area (Å²) in [7, 11) is 0. The second-order valence-electron chi connectivity index (χ2n) is 4.82. The van der Waals surface area contributed by atoms with Gasteiger partial charge in [-0.3, -0.25) is 9.25 Å². The highest BCUT2D eigenvalue weighted by Crippen LogP contribution is 2.21. The molecule has 0 aliphatic carbocycles. The zero-order valence-corrected chi connectivity index (χ0v) is 11.8. The van der Waals surface area contributed by atoms with Gasteiger partial charge in [-0.2, -0.15) is 10.2 Å². The first kappa shape index (κ1) is 12.7. The van der Waals surface area contributed by atoms with Crippen LogP contribution >= 0.6 is 0 Å². The molecular weight excluding hydrogens is 254 g/mol. The number of fused-ring (bicyclic) bond motifs is 1. The molecule has 0 aliphatic rings. The van der Waals surface area contributed by atoms with Crippen molar-refractivity contribution in [2.45, 2.75) is 39.9 Å². The molecule has 0 saturated carbocycles. The average molecular weight is 273 g/mol. The van der Waals surface area contributed by atoms with Crippen LogP contribution in [0.25, 0.3) is 11.2 Å². The van der Waals surface area contributed by atoms with Crippen molar-refractivity contribution in [3.63, 3.8) is 0 Å². The highest BCUT2D eigenvalue weighted by molar-refractivity contribution is 5.77. The summed E-state index contributed by atoms with van der Waals surface area (Å²) in [6.07, 6.45) is 4.71. The van der Waals surface area contributed by atoms with Crippen molar-refractivity contribution in [1.82, 2.24) is 29.1 Å². The Labute approximate surface area is 117 Å². The van der Waals surface area contributed by atoms with Crippen LogP contribution in [-0.4, -0.2) is 29.1 Å². The molecule has 0 spiro atoms. The highest BCUT2D eigenvalue weighted by Gasteiger charge is 2.16. The topological polar surface area (TPSA) is 79.5 Å². The first-order valence-corrected chi connectivity index (χ1v) is 6.87. The van der Waals surface area contributed by atoms with Crippen LogP contribution in [0.4, 0.5) is 5.95 Å². The Morgan fingerprint density at radius 2 is 2.15 bits per heavy atom. The van der Waals surface area contributed by atoms with Gasteiger partial charge in [0.15, 0.2) is 5.65 Å². The number of hydrogen-bond donors (Lipinski definition) is 1. The quantitative estimate of drug-likeness (QED) is 0.762. The van der Waals surface area contributed by atoms with Gasteiger partial charge in [0.1, 0.15) is 5.52 Å². The maximum Gasteiger partial charge on any atom is 0.202 e. The number of aryl methyl sites for hydroxylation is 4. The third-order valence-electron chi connectivity index (χ3n) is 3.46. The second-order valence-corrected chi connectivity index (χ2v) is 4.82. The second kappa shape index (κ2) is 4.99. The minimum absolute atomic E-state index is 0.558. The molecule has 0 bridgehead atoms. The Morgan fingerprint density at radius 1 is 1.30 bits per heavy atom. The first-order chi connectivity index (χ1) is 9.70. The number of anilines is 1. The van der Waals surface area contributed by atoms with Gasteiger partial charge in [0, 0.05) is 32.0 Å². The largest absolute Gasteiger partial charge is 0.369 e.